The number of aromatic nitrogens is 2. The van der Waals surface area contributed by atoms with E-state index in [4.69, 9.17) is 4.74 Å². The van der Waals surface area contributed by atoms with Crippen molar-refractivity contribution < 1.29 is 9.53 Å². The van der Waals surface area contributed by atoms with Gasteiger partial charge in [0, 0.05) is 41.2 Å². The van der Waals surface area contributed by atoms with Gasteiger partial charge < -0.3 is 9.30 Å². The number of carbonyl (C=O) groups is 1. The third kappa shape index (κ3) is 5.32. The van der Waals surface area contributed by atoms with Crippen molar-refractivity contribution in [3.8, 4) is 11.4 Å². The van der Waals surface area contributed by atoms with Crippen molar-refractivity contribution >= 4 is 23.6 Å². The van der Waals surface area contributed by atoms with Gasteiger partial charge in [0.2, 0.25) is 0 Å². The zero-order chi connectivity index (χ0) is 21.5. The molecule has 4 rings (SSSR count). The van der Waals surface area contributed by atoms with Crippen LogP contribution in [0.5, 0.6) is 5.75 Å². The molecule has 0 bridgehead atoms. The van der Waals surface area contributed by atoms with E-state index in [0.29, 0.717) is 5.56 Å². The summed E-state index contributed by atoms with van der Waals surface area (Å²) in [4.78, 5) is 17.1. The van der Waals surface area contributed by atoms with Crippen LogP contribution in [-0.2, 0) is 5.75 Å². The predicted molar refractivity (Wildman–Crippen MR) is 126 cm³/mol. The third-order valence-corrected chi connectivity index (χ3v) is 5.77. The Kier molecular flexibility index (Phi) is 6.65. The Balaban J connectivity index is 1.49. The lowest BCUT2D eigenvalue weighted by atomic mass is 10.1. The van der Waals surface area contributed by atoms with E-state index in [0.717, 1.165) is 33.3 Å². The van der Waals surface area contributed by atoms with Crippen molar-refractivity contribution in [2.75, 3.05) is 7.11 Å². The summed E-state index contributed by atoms with van der Waals surface area (Å²) < 4.78 is 7.49. The van der Waals surface area contributed by atoms with Crippen LogP contribution >= 0.6 is 11.8 Å². The van der Waals surface area contributed by atoms with Crippen molar-refractivity contribution in [2.45, 2.75) is 10.8 Å². The molecular formula is C26H22N2O2S. The number of benzene rings is 2. The van der Waals surface area contributed by atoms with Crippen LogP contribution < -0.4 is 4.74 Å². The summed E-state index contributed by atoms with van der Waals surface area (Å²) in [5, 5.41) is 0.961. The van der Waals surface area contributed by atoms with Crippen LogP contribution in [0.25, 0.3) is 11.8 Å². The highest BCUT2D eigenvalue weighted by atomic mass is 32.2. The van der Waals surface area contributed by atoms with Gasteiger partial charge in [-0.1, -0.05) is 30.3 Å². The molecule has 0 saturated carbocycles. The molecule has 0 saturated heterocycles. The van der Waals surface area contributed by atoms with Crippen LogP contribution in [0.4, 0.5) is 0 Å². The number of rotatable bonds is 8. The molecular weight excluding hydrogens is 404 g/mol. The number of ether oxygens (including phenoxy) is 1. The van der Waals surface area contributed by atoms with Gasteiger partial charge in [-0.3, -0.25) is 4.79 Å². The normalized spacial score (nSPS) is 11.0. The van der Waals surface area contributed by atoms with Gasteiger partial charge in [0.05, 0.1) is 12.1 Å². The van der Waals surface area contributed by atoms with Gasteiger partial charge >= 0.3 is 0 Å². The first-order chi connectivity index (χ1) is 15.2. The van der Waals surface area contributed by atoms with E-state index in [-0.39, 0.29) is 5.78 Å². The molecule has 0 unspecified atom stereocenters. The lowest BCUT2D eigenvalue weighted by Gasteiger charge is -2.09. The maximum atomic E-state index is 12.7. The number of pyridine rings is 1. The zero-order valence-corrected chi connectivity index (χ0v) is 18.0. The monoisotopic (exact) mass is 426 g/mol. The molecule has 2 heterocycles. The first kappa shape index (κ1) is 20.7. The summed E-state index contributed by atoms with van der Waals surface area (Å²) in [7, 11) is 1.67. The second-order valence-corrected chi connectivity index (χ2v) is 7.86. The number of ketones is 1. The van der Waals surface area contributed by atoms with Crippen molar-refractivity contribution in [1.29, 1.82) is 0 Å². The highest BCUT2D eigenvalue weighted by Crippen LogP contribution is 2.28. The molecule has 2 aromatic heterocycles. The van der Waals surface area contributed by atoms with Gasteiger partial charge in [-0.15, -0.1) is 11.8 Å². The van der Waals surface area contributed by atoms with Crippen LogP contribution in [0, 0.1) is 0 Å². The number of methoxy groups -OCH3 is 1. The topological polar surface area (TPSA) is 44.1 Å². The lowest BCUT2D eigenvalue weighted by Crippen LogP contribution is -1.97. The Morgan fingerprint density at radius 3 is 2.68 bits per heavy atom. The van der Waals surface area contributed by atoms with Crippen LogP contribution in [0.3, 0.4) is 0 Å². The minimum atomic E-state index is -0.0331. The van der Waals surface area contributed by atoms with E-state index in [9.17, 15) is 4.79 Å². The van der Waals surface area contributed by atoms with Crippen LogP contribution in [0.2, 0.25) is 0 Å². The quantitative estimate of drug-likeness (QED) is 0.195. The molecule has 0 amide bonds. The number of thioether (sulfide) groups is 1. The Hall–Kier alpha value is -3.57. The number of carbonyl (C=O) groups excluding carboxylic acids is 1. The third-order valence-electron chi connectivity index (χ3n) is 4.78. The maximum Gasteiger partial charge on any atom is 0.185 e. The largest absolute Gasteiger partial charge is 0.496 e. The molecule has 0 aliphatic rings. The molecule has 2 aromatic carbocycles. The second kappa shape index (κ2) is 9.96. The lowest BCUT2D eigenvalue weighted by molar-refractivity contribution is 0.104. The Morgan fingerprint density at radius 2 is 1.90 bits per heavy atom. The zero-order valence-electron chi connectivity index (χ0n) is 17.1. The SMILES string of the molecule is COc1ccc(/C=C/C(=O)c2cccc(-n3cccc3)c2)cc1CSc1ccccn1. The van der Waals surface area contributed by atoms with Gasteiger partial charge in [-0.2, -0.15) is 0 Å². The van der Waals surface area contributed by atoms with Crippen LogP contribution in [0.15, 0.2) is 102 Å². The number of hydrogen-bond acceptors (Lipinski definition) is 4. The summed E-state index contributed by atoms with van der Waals surface area (Å²) in [6.07, 6.45) is 9.17. The standard InChI is InChI=1S/C26H22N2O2S/c1-30-25-13-11-20(17-22(25)19-31-26-9-2-3-14-27-26)10-12-24(29)21-7-6-8-23(18-21)28-15-4-5-16-28/h2-18H,19H2,1H3/b12-10+. The summed E-state index contributed by atoms with van der Waals surface area (Å²) >= 11 is 1.65. The average Bonchev–Trinajstić information content (AvgIpc) is 3.37. The molecule has 154 valence electrons. The fourth-order valence-corrected chi connectivity index (χ4v) is 4.03. The Morgan fingerprint density at radius 1 is 1.03 bits per heavy atom. The smallest absolute Gasteiger partial charge is 0.185 e. The number of allylic oxidation sites excluding steroid dienone is 1. The van der Waals surface area contributed by atoms with E-state index in [1.54, 1.807) is 31.1 Å². The van der Waals surface area contributed by atoms with E-state index in [1.165, 1.54) is 0 Å². The maximum absolute atomic E-state index is 12.7. The Bertz CT molecular complexity index is 1190. The van der Waals surface area contributed by atoms with Gasteiger partial charge in [0.15, 0.2) is 5.78 Å². The summed E-state index contributed by atoms with van der Waals surface area (Å²) in [5.41, 5.74) is 3.62. The van der Waals surface area contributed by atoms with E-state index >= 15 is 0 Å². The van der Waals surface area contributed by atoms with Gasteiger partial charge in [0.25, 0.3) is 0 Å². The van der Waals surface area contributed by atoms with Crippen molar-refractivity contribution in [3.63, 3.8) is 0 Å². The summed E-state index contributed by atoms with van der Waals surface area (Å²) in [5.74, 6) is 1.52. The summed E-state index contributed by atoms with van der Waals surface area (Å²) in [6.45, 7) is 0. The van der Waals surface area contributed by atoms with Gasteiger partial charge in [-0.25, -0.2) is 4.98 Å². The average molecular weight is 427 g/mol. The molecule has 31 heavy (non-hydrogen) atoms. The van der Waals surface area contributed by atoms with Gasteiger partial charge in [-0.05, 0) is 60.2 Å². The number of nitrogens with zero attached hydrogens (tertiary/aromatic N) is 2. The summed E-state index contributed by atoms with van der Waals surface area (Å²) in [6, 6.07) is 23.3. The van der Waals surface area contributed by atoms with Crippen molar-refractivity contribution in [3.05, 3.63) is 114 Å². The minimum absolute atomic E-state index is 0.0331. The van der Waals surface area contributed by atoms with Gasteiger partial charge in [0.1, 0.15) is 5.75 Å². The molecule has 0 N–H and O–H groups in total. The van der Waals surface area contributed by atoms with Crippen LogP contribution in [-0.4, -0.2) is 22.4 Å². The highest BCUT2D eigenvalue weighted by Gasteiger charge is 2.07. The predicted octanol–water partition coefficient (Wildman–Crippen LogP) is 6.07. The molecule has 4 aromatic rings. The van der Waals surface area contributed by atoms with E-state index < -0.39 is 0 Å². The first-order valence-corrected chi connectivity index (χ1v) is 10.9. The van der Waals surface area contributed by atoms with Crippen LogP contribution in [0.1, 0.15) is 21.5 Å². The number of hydrogen-bond donors (Lipinski definition) is 0. The molecule has 0 radical (unpaired) electrons. The van der Waals surface area contributed by atoms with Crippen molar-refractivity contribution in [2.24, 2.45) is 0 Å². The van der Waals surface area contributed by atoms with E-state index in [1.807, 2.05) is 89.8 Å². The minimum Gasteiger partial charge on any atom is -0.496 e. The molecule has 0 spiro atoms. The fraction of sp³-hybridized carbons (Fsp3) is 0.0769. The molecule has 0 atom stereocenters. The Labute approximate surface area is 186 Å². The molecule has 0 aliphatic carbocycles. The molecule has 0 aliphatic heterocycles. The first-order valence-electron chi connectivity index (χ1n) is 9.89. The molecule has 5 heteroatoms. The van der Waals surface area contributed by atoms with E-state index in [2.05, 4.69) is 11.1 Å². The fourth-order valence-electron chi connectivity index (χ4n) is 3.19. The molecule has 0 fully saturated rings. The second-order valence-electron chi connectivity index (χ2n) is 6.87. The molecule has 4 nitrogen and oxygen atoms in total. The highest BCUT2D eigenvalue weighted by molar-refractivity contribution is 7.98. The van der Waals surface area contributed by atoms with Crippen molar-refractivity contribution in [1.82, 2.24) is 9.55 Å².